The molecule has 0 aliphatic rings. The van der Waals surface area contributed by atoms with Gasteiger partial charge in [0.15, 0.2) is 0 Å². The molecule has 0 radical (unpaired) electrons. The predicted octanol–water partition coefficient (Wildman–Crippen LogP) is 3.23. The van der Waals surface area contributed by atoms with E-state index in [1.54, 1.807) is 0 Å². The first kappa shape index (κ1) is 11.9. The Morgan fingerprint density at radius 3 is 2.41 bits per heavy atom. The molecule has 1 aromatic carbocycles. The van der Waals surface area contributed by atoms with Crippen molar-refractivity contribution in [3.05, 3.63) is 40.1 Å². The molecular weight excluding hydrogens is 282 g/mol. The second-order valence-electron chi connectivity index (χ2n) is 3.80. The second kappa shape index (κ2) is 4.71. The summed E-state index contributed by atoms with van der Waals surface area (Å²) in [6.07, 6.45) is 1.37. The summed E-state index contributed by atoms with van der Waals surface area (Å²) < 4.78 is 6.24. The average Bonchev–Trinajstić information content (AvgIpc) is 2.23. The third kappa shape index (κ3) is 2.74. The van der Waals surface area contributed by atoms with E-state index in [-0.39, 0.29) is 0 Å². The number of aryl methyl sites for hydroxylation is 2. The standard InChI is InChI=1S/C12H12BrN3O/c1-7-3-8(2)5-9(4-7)17-12-10(13)11(14)15-6-16-12/h3-6H,1-2H3,(H2,14,15,16). The van der Waals surface area contributed by atoms with Crippen LogP contribution in [0.25, 0.3) is 0 Å². The summed E-state index contributed by atoms with van der Waals surface area (Å²) in [6, 6.07) is 5.96. The van der Waals surface area contributed by atoms with Crippen LogP contribution in [-0.2, 0) is 0 Å². The molecule has 0 unspecified atom stereocenters. The van der Waals surface area contributed by atoms with Crippen molar-refractivity contribution in [1.82, 2.24) is 9.97 Å². The number of nitrogens with two attached hydrogens (primary N) is 1. The maximum Gasteiger partial charge on any atom is 0.238 e. The molecule has 0 amide bonds. The Kier molecular flexibility index (Phi) is 3.28. The highest BCUT2D eigenvalue weighted by Gasteiger charge is 2.08. The van der Waals surface area contributed by atoms with Gasteiger partial charge in [0.05, 0.1) is 0 Å². The number of hydrogen-bond acceptors (Lipinski definition) is 4. The number of halogens is 1. The van der Waals surface area contributed by atoms with E-state index in [0.717, 1.165) is 16.9 Å². The van der Waals surface area contributed by atoms with Gasteiger partial charge in [0.1, 0.15) is 22.4 Å². The Balaban J connectivity index is 2.34. The summed E-state index contributed by atoms with van der Waals surface area (Å²) in [6.45, 7) is 4.03. The minimum atomic E-state index is 0.361. The van der Waals surface area contributed by atoms with Gasteiger partial charge in [0, 0.05) is 0 Å². The van der Waals surface area contributed by atoms with Crippen LogP contribution in [0.15, 0.2) is 29.0 Å². The maximum absolute atomic E-state index is 5.67. The number of nitrogens with zero attached hydrogens (tertiary/aromatic N) is 2. The largest absolute Gasteiger partial charge is 0.438 e. The van der Waals surface area contributed by atoms with Crippen LogP contribution in [0.4, 0.5) is 5.82 Å². The molecule has 0 atom stereocenters. The first-order valence-electron chi connectivity index (χ1n) is 5.08. The van der Waals surface area contributed by atoms with E-state index in [0.29, 0.717) is 16.2 Å². The highest BCUT2D eigenvalue weighted by atomic mass is 79.9. The molecule has 2 aromatic rings. The molecular formula is C12H12BrN3O. The molecule has 0 fully saturated rings. The van der Waals surface area contributed by atoms with Crippen molar-refractivity contribution >= 4 is 21.7 Å². The fourth-order valence-corrected chi connectivity index (χ4v) is 1.83. The number of anilines is 1. The van der Waals surface area contributed by atoms with Gasteiger partial charge < -0.3 is 10.5 Å². The van der Waals surface area contributed by atoms with Crippen molar-refractivity contribution in [3.63, 3.8) is 0 Å². The van der Waals surface area contributed by atoms with Crippen LogP contribution in [0.1, 0.15) is 11.1 Å². The lowest BCUT2D eigenvalue weighted by Gasteiger charge is -2.08. The van der Waals surface area contributed by atoms with E-state index in [2.05, 4.69) is 32.0 Å². The van der Waals surface area contributed by atoms with Gasteiger partial charge in [-0.15, -0.1) is 0 Å². The van der Waals surface area contributed by atoms with E-state index in [9.17, 15) is 0 Å². The first-order valence-corrected chi connectivity index (χ1v) is 5.87. The summed E-state index contributed by atoms with van der Waals surface area (Å²) in [5.74, 6) is 1.52. The number of rotatable bonds is 2. The SMILES string of the molecule is Cc1cc(C)cc(Oc2ncnc(N)c2Br)c1. The Labute approximate surface area is 108 Å². The van der Waals surface area contributed by atoms with Crippen molar-refractivity contribution in [2.45, 2.75) is 13.8 Å². The van der Waals surface area contributed by atoms with Crippen LogP contribution < -0.4 is 10.5 Å². The van der Waals surface area contributed by atoms with Crippen molar-refractivity contribution in [2.24, 2.45) is 0 Å². The molecule has 17 heavy (non-hydrogen) atoms. The fraction of sp³-hybridized carbons (Fsp3) is 0.167. The minimum absolute atomic E-state index is 0.361. The van der Waals surface area contributed by atoms with E-state index in [1.807, 2.05) is 26.0 Å². The third-order valence-electron chi connectivity index (χ3n) is 2.19. The van der Waals surface area contributed by atoms with Gasteiger partial charge >= 0.3 is 0 Å². The van der Waals surface area contributed by atoms with Crippen molar-refractivity contribution in [1.29, 1.82) is 0 Å². The summed E-state index contributed by atoms with van der Waals surface area (Å²) in [5, 5.41) is 0. The number of aromatic nitrogens is 2. The summed E-state index contributed by atoms with van der Waals surface area (Å²) in [4.78, 5) is 7.89. The molecule has 5 heteroatoms. The summed E-state index contributed by atoms with van der Waals surface area (Å²) in [5.41, 5.74) is 7.93. The molecule has 2 rings (SSSR count). The molecule has 1 aromatic heterocycles. The zero-order chi connectivity index (χ0) is 12.4. The van der Waals surface area contributed by atoms with Crippen molar-refractivity contribution < 1.29 is 4.74 Å². The Hall–Kier alpha value is -1.62. The van der Waals surface area contributed by atoms with E-state index in [4.69, 9.17) is 10.5 Å². The molecule has 0 aliphatic heterocycles. The smallest absolute Gasteiger partial charge is 0.238 e. The minimum Gasteiger partial charge on any atom is -0.438 e. The predicted molar refractivity (Wildman–Crippen MR) is 70.1 cm³/mol. The monoisotopic (exact) mass is 293 g/mol. The molecule has 0 spiro atoms. The Morgan fingerprint density at radius 1 is 1.12 bits per heavy atom. The molecule has 0 aliphatic carbocycles. The zero-order valence-corrected chi connectivity index (χ0v) is 11.2. The average molecular weight is 294 g/mol. The van der Waals surface area contributed by atoms with Gasteiger partial charge in [-0.25, -0.2) is 9.97 Å². The van der Waals surface area contributed by atoms with E-state index in [1.165, 1.54) is 6.33 Å². The van der Waals surface area contributed by atoms with Crippen LogP contribution in [-0.4, -0.2) is 9.97 Å². The van der Waals surface area contributed by atoms with Crippen LogP contribution in [0.2, 0.25) is 0 Å². The van der Waals surface area contributed by atoms with Crippen LogP contribution in [0.5, 0.6) is 11.6 Å². The Bertz CT molecular complexity index is 537. The molecule has 0 saturated heterocycles. The molecule has 1 heterocycles. The van der Waals surface area contributed by atoms with Crippen molar-refractivity contribution in [2.75, 3.05) is 5.73 Å². The highest BCUT2D eigenvalue weighted by molar-refractivity contribution is 9.10. The van der Waals surface area contributed by atoms with Gasteiger partial charge in [0.25, 0.3) is 0 Å². The van der Waals surface area contributed by atoms with Gasteiger partial charge in [-0.05, 0) is 53.0 Å². The van der Waals surface area contributed by atoms with Gasteiger partial charge in [-0.2, -0.15) is 0 Å². The molecule has 88 valence electrons. The number of benzene rings is 1. The van der Waals surface area contributed by atoms with Crippen LogP contribution in [0, 0.1) is 13.8 Å². The van der Waals surface area contributed by atoms with Gasteiger partial charge in [-0.1, -0.05) is 6.07 Å². The van der Waals surface area contributed by atoms with Gasteiger partial charge in [0.2, 0.25) is 5.88 Å². The topological polar surface area (TPSA) is 61.0 Å². The first-order chi connectivity index (χ1) is 8.06. The zero-order valence-electron chi connectivity index (χ0n) is 9.57. The van der Waals surface area contributed by atoms with Gasteiger partial charge in [-0.3, -0.25) is 0 Å². The van der Waals surface area contributed by atoms with Crippen LogP contribution >= 0.6 is 15.9 Å². The number of nitrogen functional groups attached to an aromatic ring is 1. The normalized spacial score (nSPS) is 10.3. The Morgan fingerprint density at radius 2 is 1.76 bits per heavy atom. The molecule has 0 bridgehead atoms. The molecule has 4 nitrogen and oxygen atoms in total. The van der Waals surface area contributed by atoms with E-state index >= 15 is 0 Å². The maximum atomic E-state index is 5.67. The summed E-state index contributed by atoms with van der Waals surface area (Å²) in [7, 11) is 0. The van der Waals surface area contributed by atoms with E-state index < -0.39 is 0 Å². The number of hydrogen-bond donors (Lipinski definition) is 1. The highest BCUT2D eigenvalue weighted by Crippen LogP contribution is 2.30. The third-order valence-corrected chi connectivity index (χ3v) is 2.94. The van der Waals surface area contributed by atoms with Crippen molar-refractivity contribution in [3.8, 4) is 11.6 Å². The summed E-state index contributed by atoms with van der Waals surface area (Å²) >= 11 is 3.30. The van der Waals surface area contributed by atoms with Crippen LogP contribution in [0.3, 0.4) is 0 Å². The second-order valence-corrected chi connectivity index (χ2v) is 4.60. The quantitative estimate of drug-likeness (QED) is 0.923. The fourth-order valence-electron chi connectivity index (χ4n) is 1.54. The lowest BCUT2D eigenvalue weighted by molar-refractivity contribution is 0.458. The lowest BCUT2D eigenvalue weighted by Crippen LogP contribution is -1.97. The molecule has 2 N–H and O–H groups in total. The number of ether oxygens (including phenoxy) is 1. The lowest BCUT2D eigenvalue weighted by atomic mass is 10.1. The molecule has 0 saturated carbocycles.